The van der Waals surface area contributed by atoms with Gasteiger partial charge in [0.2, 0.25) is 11.8 Å². The number of rotatable bonds is 3. The molecule has 0 fully saturated rings. The molecule has 1 heterocycles. The van der Waals surface area contributed by atoms with Gasteiger partial charge in [0.05, 0.1) is 5.69 Å². The molecule has 2 aromatic carbocycles. The van der Waals surface area contributed by atoms with Crippen molar-refractivity contribution in [3.8, 4) is 0 Å². The number of carbonyl (C=O) groups excluding carboxylic acids is 2. The zero-order valence-corrected chi connectivity index (χ0v) is 14.8. The Balaban J connectivity index is 1.77. The van der Waals surface area contributed by atoms with E-state index < -0.39 is 0 Å². The van der Waals surface area contributed by atoms with Crippen molar-refractivity contribution in [3.05, 3.63) is 53.1 Å². The van der Waals surface area contributed by atoms with Gasteiger partial charge < -0.3 is 10.2 Å². The first kappa shape index (κ1) is 16.9. The van der Waals surface area contributed by atoms with E-state index >= 15 is 0 Å². The SMILES string of the molecule is Cc1ccc(NC(=O)CN2C(=O)CCSc3ccccc32)cc1Cl. The van der Waals surface area contributed by atoms with Crippen molar-refractivity contribution < 1.29 is 9.59 Å². The molecular weight excluding hydrogens is 344 g/mol. The van der Waals surface area contributed by atoms with Crippen LogP contribution in [-0.4, -0.2) is 24.1 Å². The van der Waals surface area contributed by atoms with E-state index in [0.29, 0.717) is 17.1 Å². The maximum atomic E-state index is 12.4. The van der Waals surface area contributed by atoms with Crippen LogP contribution in [0.1, 0.15) is 12.0 Å². The first-order valence-electron chi connectivity index (χ1n) is 7.63. The molecule has 6 heteroatoms. The molecule has 0 spiro atoms. The molecule has 2 amide bonds. The molecule has 1 aliphatic heterocycles. The Hall–Kier alpha value is -1.98. The highest BCUT2D eigenvalue weighted by Gasteiger charge is 2.24. The highest BCUT2D eigenvalue weighted by molar-refractivity contribution is 7.99. The minimum Gasteiger partial charge on any atom is -0.324 e. The van der Waals surface area contributed by atoms with Crippen molar-refractivity contribution in [2.45, 2.75) is 18.2 Å². The van der Waals surface area contributed by atoms with Crippen LogP contribution in [0.5, 0.6) is 0 Å². The molecule has 1 N–H and O–H groups in total. The van der Waals surface area contributed by atoms with E-state index in [9.17, 15) is 9.59 Å². The average molecular weight is 361 g/mol. The number of anilines is 2. The third-order valence-electron chi connectivity index (χ3n) is 3.79. The second kappa shape index (κ2) is 7.28. The second-order valence-corrected chi connectivity index (χ2v) is 7.10. The lowest BCUT2D eigenvalue weighted by molar-refractivity contribution is -0.121. The van der Waals surface area contributed by atoms with Crippen molar-refractivity contribution in [1.82, 2.24) is 0 Å². The summed E-state index contributed by atoms with van der Waals surface area (Å²) in [7, 11) is 0. The molecule has 4 nitrogen and oxygen atoms in total. The van der Waals surface area contributed by atoms with Gasteiger partial charge in [0, 0.05) is 27.8 Å². The van der Waals surface area contributed by atoms with Crippen LogP contribution < -0.4 is 10.2 Å². The van der Waals surface area contributed by atoms with Crippen LogP contribution in [0.4, 0.5) is 11.4 Å². The number of nitrogens with zero attached hydrogens (tertiary/aromatic N) is 1. The van der Waals surface area contributed by atoms with E-state index in [1.54, 1.807) is 28.8 Å². The van der Waals surface area contributed by atoms with E-state index in [1.165, 1.54) is 0 Å². The predicted octanol–water partition coefficient (Wildman–Crippen LogP) is 4.12. The number of carbonyl (C=O) groups is 2. The molecule has 3 rings (SSSR count). The van der Waals surface area contributed by atoms with Crippen molar-refractivity contribution in [3.63, 3.8) is 0 Å². The smallest absolute Gasteiger partial charge is 0.244 e. The minimum atomic E-state index is -0.245. The molecule has 0 aromatic heterocycles. The van der Waals surface area contributed by atoms with Gasteiger partial charge in [-0.3, -0.25) is 9.59 Å². The van der Waals surface area contributed by atoms with Gasteiger partial charge in [-0.1, -0.05) is 29.8 Å². The highest BCUT2D eigenvalue weighted by atomic mass is 35.5. The van der Waals surface area contributed by atoms with Gasteiger partial charge in [0.15, 0.2) is 0 Å². The van der Waals surface area contributed by atoms with E-state index in [2.05, 4.69) is 5.32 Å². The number of benzene rings is 2. The number of nitrogens with one attached hydrogen (secondary N) is 1. The van der Waals surface area contributed by atoms with Crippen LogP contribution in [-0.2, 0) is 9.59 Å². The lowest BCUT2D eigenvalue weighted by atomic mass is 10.2. The maximum absolute atomic E-state index is 12.4. The number of hydrogen-bond donors (Lipinski definition) is 1. The minimum absolute atomic E-state index is 0.0120. The molecule has 0 unspecified atom stereocenters. The Bertz CT molecular complexity index is 794. The lowest BCUT2D eigenvalue weighted by Gasteiger charge is -2.22. The summed E-state index contributed by atoms with van der Waals surface area (Å²) in [5.74, 6) is 0.441. The first-order valence-corrected chi connectivity index (χ1v) is 8.99. The van der Waals surface area contributed by atoms with E-state index in [4.69, 9.17) is 11.6 Å². The van der Waals surface area contributed by atoms with Crippen LogP contribution in [0.3, 0.4) is 0 Å². The van der Waals surface area contributed by atoms with Crippen molar-refractivity contribution in [2.24, 2.45) is 0 Å². The fourth-order valence-electron chi connectivity index (χ4n) is 2.51. The fourth-order valence-corrected chi connectivity index (χ4v) is 3.69. The number of hydrogen-bond acceptors (Lipinski definition) is 3. The number of amides is 2. The van der Waals surface area contributed by atoms with Gasteiger partial charge in [-0.25, -0.2) is 0 Å². The molecule has 0 saturated heterocycles. The van der Waals surface area contributed by atoms with Crippen molar-refractivity contribution in [2.75, 3.05) is 22.5 Å². The Morgan fingerprint density at radius 2 is 2.08 bits per heavy atom. The lowest BCUT2D eigenvalue weighted by Crippen LogP contribution is -2.37. The first-order chi connectivity index (χ1) is 11.5. The molecule has 0 saturated carbocycles. The standard InChI is InChI=1S/C18H17ClN2O2S/c1-12-6-7-13(10-14(12)19)20-17(22)11-21-15-4-2-3-5-16(15)24-9-8-18(21)23/h2-7,10H,8-9,11H2,1H3,(H,20,22). The van der Waals surface area contributed by atoms with Crippen LogP contribution in [0.25, 0.3) is 0 Å². The van der Waals surface area contributed by atoms with Gasteiger partial charge in [0.25, 0.3) is 0 Å². The van der Waals surface area contributed by atoms with Crippen LogP contribution >= 0.6 is 23.4 Å². The average Bonchev–Trinajstić information content (AvgIpc) is 2.71. The van der Waals surface area contributed by atoms with Crippen molar-refractivity contribution in [1.29, 1.82) is 0 Å². The Labute approximate surface area is 150 Å². The Morgan fingerprint density at radius 3 is 2.88 bits per heavy atom. The number of para-hydroxylation sites is 1. The molecule has 0 aliphatic carbocycles. The van der Waals surface area contributed by atoms with E-state index in [1.807, 2.05) is 37.3 Å². The van der Waals surface area contributed by atoms with Crippen LogP contribution in [0, 0.1) is 6.92 Å². The second-order valence-electron chi connectivity index (χ2n) is 5.56. The third-order valence-corrected chi connectivity index (χ3v) is 5.26. The molecule has 0 radical (unpaired) electrons. The normalized spacial score (nSPS) is 14.1. The molecular formula is C18H17ClN2O2S. The van der Waals surface area contributed by atoms with E-state index in [0.717, 1.165) is 21.9 Å². The summed E-state index contributed by atoms with van der Waals surface area (Å²) in [5.41, 5.74) is 2.37. The molecule has 24 heavy (non-hydrogen) atoms. The summed E-state index contributed by atoms with van der Waals surface area (Å²) < 4.78 is 0. The molecule has 2 aromatic rings. The highest BCUT2D eigenvalue weighted by Crippen LogP contribution is 2.33. The zero-order chi connectivity index (χ0) is 17.1. The zero-order valence-electron chi connectivity index (χ0n) is 13.2. The monoisotopic (exact) mass is 360 g/mol. The Kier molecular flexibility index (Phi) is 5.11. The summed E-state index contributed by atoms with van der Waals surface area (Å²) in [6.45, 7) is 1.89. The molecule has 0 atom stereocenters. The van der Waals surface area contributed by atoms with Crippen molar-refractivity contribution >= 4 is 46.6 Å². The molecule has 1 aliphatic rings. The fraction of sp³-hybridized carbons (Fsp3) is 0.222. The molecule has 124 valence electrons. The maximum Gasteiger partial charge on any atom is 0.244 e. The largest absolute Gasteiger partial charge is 0.324 e. The summed E-state index contributed by atoms with van der Waals surface area (Å²) in [4.78, 5) is 27.3. The Morgan fingerprint density at radius 1 is 1.29 bits per heavy atom. The summed E-state index contributed by atoms with van der Waals surface area (Å²) in [5, 5.41) is 3.40. The quantitative estimate of drug-likeness (QED) is 0.895. The van der Waals surface area contributed by atoms with Gasteiger partial charge in [-0.05, 0) is 36.8 Å². The van der Waals surface area contributed by atoms with Gasteiger partial charge >= 0.3 is 0 Å². The van der Waals surface area contributed by atoms with Gasteiger partial charge in [0.1, 0.15) is 6.54 Å². The summed E-state index contributed by atoms with van der Waals surface area (Å²) in [6, 6.07) is 13.0. The third kappa shape index (κ3) is 3.74. The number of fused-ring (bicyclic) bond motifs is 1. The topological polar surface area (TPSA) is 49.4 Å². The van der Waals surface area contributed by atoms with Crippen LogP contribution in [0.2, 0.25) is 5.02 Å². The summed E-state index contributed by atoms with van der Waals surface area (Å²) >= 11 is 7.72. The van der Waals surface area contributed by atoms with Crippen LogP contribution in [0.15, 0.2) is 47.4 Å². The number of aryl methyl sites for hydroxylation is 1. The molecule has 0 bridgehead atoms. The van der Waals surface area contributed by atoms with E-state index in [-0.39, 0.29) is 18.4 Å². The van der Waals surface area contributed by atoms with Gasteiger partial charge in [-0.2, -0.15) is 0 Å². The predicted molar refractivity (Wildman–Crippen MR) is 99.0 cm³/mol. The summed E-state index contributed by atoms with van der Waals surface area (Å²) in [6.07, 6.45) is 0.420. The number of thioether (sulfide) groups is 1. The number of halogens is 1. The van der Waals surface area contributed by atoms with Gasteiger partial charge in [-0.15, -0.1) is 11.8 Å².